The third-order valence-electron chi connectivity index (χ3n) is 1.13. The average molecular weight is 169 g/mol. The number of terminal acetylenes is 1. The lowest BCUT2D eigenvalue weighted by atomic mass is 10.2. The van der Waals surface area contributed by atoms with Crippen molar-refractivity contribution in [1.82, 2.24) is 0 Å². The minimum atomic E-state index is 0.850. The molecule has 0 aliphatic heterocycles. The van der Waals surface area contributed by atoms with Crippen LogP contribution in [0.5, 0.6) is 0 Å². The van der Waals surface area contributed by atoms with Crippen molar-refractivity contribution < 1.29 is 0 Å². The zero-order valence-corrected chi connectivity index (χ0v) is 6.75. The summed E-state index contributed by atoms with van der Waals surface area (Å²) in [5, 5.41) is 0. The van der Waals surface area contributed by atoms with Crippen LogP contribution in [0.25, 0.3) is 0 Å². The van der Waals surface area contributed by atoms with E-state index in [1.54, 1.807) is 0 Å². The lowest BCUT2D eigenvalue weighted by Crippen LogP contribution is -1.75. The summed E-state index contributed by atoms with van der Waals surface area (Å²) in [5.74, 6) is 2.54. The maximum atomic E-state index is 5.53. The smallest absolute Gasteiger partial charge is 0.0390 e. The lowest BCUT2D eigenvalue weighted by Gasteiger charge is -1.95. The first-order valence-corrected chi connectivity index (χ1v) is 4.37. The van der Waals surface area contributed by atoms with E-state index in [2.05, 4.69) is 5.92 Å². The molecule has 0 fully saturated rings. The number of halogens is 1. The van der Waals surface area contributed by atoms with Crippen LogP contribution in [0.1, 0.15) is 5.56 Å². The Morgan fingerprint density at radius 1 is 1.40 bits per heavy atom. The summed E-state index contributed by atoms with van der Waals surface area (Å²) in [4.78, 5) is 0.937. The monoisotopic (exact) mass is 168 g/mol. The van der Waals surface area contributed by atoms with Crippen LogP contribution in [0.4, 0.5) is 0 Å². The Bertz CT molecular complexity index is 262. The van der Waals surface area contributed by atoms with E-state index in [9.17, 15) is 0 Å². The summed E-state index contributed by atoms with van der Waals surface area (Å²) in [5.41, 5.74) is 0.850. The van der Waals surface area contributed by atoms with Crippen molar-refractivity contribution in [3.63, 3.8) is 0 Å². The topological polar surface area (TPSA) is 0 Å². The molecule has 0 N–H and O–H groups in total. The molecule has 10 heavy (non-hydrogen) atoms. The van der Waals surface area contributed by atoms with Crippen molar-refractivity contribution in [1.29, 1.82) is 0 Å². The molecule has 0 aliphatic rings. The Morgan fingerprint density at radius 3 is 2.60 bits per heavy atom. The van der Waals surface area contributed by atoms with Gasteiger partial charge >= 0.3 is 0 Å². The SMILES string of the molecule is C#Cc1ccccc1SCl. The molecule has 0 heterocycles. The highest BCUT2D eigenvalue weighted by Crippen LogP contribution is 2.24. The molecule has 1 rings (SSSR count). The minimum absolute atomic E-state index is 0.850. The summed E-state index contributed by atoms with van der Waals surface area (Å²) >= 11 is 0. The Labute approximate surface area is 69.1 Å². The second-order valence-corrected chi connectivity index (χ2v) is 2.77. The van der Waals surface area contributed by atoms with Gasteiger partial charge in [-0.25, -0.2) is 0 Å². The highest BCUT2D eigenvalue weighted by atomic mass is 35.7. The van der Waals surface area contributed by atoms with E-state index in [0.717, 1.165) is 21.4 Å². The Hall–Kier alpha value is -0.580. The van der Waals surface area contributed by atoms with Gasteiger partial charge in [0.05, 0.1) is 0 Å². The van der Waals surface area contributed by atoms with E-state index in [1.165, 1.54) is 0 Å². The third kappa shape index (κ3) is 1.47. The molecule has 1 aromatic rings. The Balaban J connectivity index is 3.12. The molecule has 0 aliphatic carbocycles. The van der Waals surface area contributed by atoms with Gasteiger partial charge in [-0.15, -0.1) is 6.42 Å². The fourth-order valence-electron chi connectivity index (χ4n) is 0.653. The van der Waals surface area contributed by atoms with Crippen molar-refractivity contribution in [2.45, 2.75) is 4.90 Å². The standard InChI is InChI=1S/C8H5ClS/c1-2-7-5-3-4-6-8(7)10-9/h1,3-6H. The average Bonchev–Trinajstić information content (AvgIpc) is 2.04. The van der Waals surface area contributed by atoms with Gasteiger partial charge < -0.3 is 0 Å². The first kappa shape index (κ1) is 7.53. The summed E-state index contributed by atoms with van der Waals surface area (Å²) in [6.07, 6.45) is 5.20. The molecule has 1 aromatic carbocycles. The third-order valence-corrected chi connectivity index (χ3v) is 2.15. The van der Waals surface area contributed by atoms with Crippen molar-refractivity contribution in [3.8, 4) is 12.3 Å². The molecule has 0 bridgehead atoms. The molecular formula is C8H5ClS. The normalized spacial score (nSPS) is 8.80. The van der Waals surface area contributed by atoms with Crippen LogP contribution in [0.3, 0.4) is 0 Å². The summed E-state index contributed by atoms with van der Waals surface area (Å²) in [6, 6.07) is 7.56. The summed E-state index contributed by atoms with van der Waals surface area (Å²) in [7, 11) is 6.68. The zero-order chi connectivity index (χ0) is 7.40. The fourth-order valence-corrected chi connectivity index (χ4v) is 1.40. The van der Waals surface area contributed by atoms with Crippen LogP contribution in [-0.4, -0.2) is 0 Å². The molecule has 2 heteroatoms. The van der Waals surface area contributed by atoms with Gasteiger partial charge in [-0.05, 0) is 33.8 Å². The van der Waals surface area contributed by atoms with E-state index in [0.29, 0.717) is 0 Å². The van der Waals surface area contributed by atoms with Crippen LogP contribution in [0.15, 0.2) is 29.2 Å². The molecule has 0 saturated heterocycles. The molecule has 0 radical (unpaired) electrons. The van der Waals surface area contributed by atoms with Crippen molar-refractivity contribution >= 4 is 21.7 Å². The van der Waals surface area contributed by atoms with Crippen LogP contribution in [0, 0.1) is 12.3 Å². The molecule has 0 amide bonds. The maximum Gasteiger partial charge on any atom is 0.0390 e. The van der Waals surface area contributed by atoms with Gasteiger partial charge in [-0.2, -0.15) is 0 Å². The number of hydrogen-bond donors (Lipinski definition) is 0. The second kappa shape index (κ2) is 3.55. The van der Waals surface area contributed by atoms with Gasteiger partial charge in [-0.1, -0.05) is 18.1 Å². The summed E-state index contributed by atoms with van der Waals surface area (Å²) in [6.45, 7) is 0. The van der Waals surface area contributed by atoms with E-state index >= 15 is 0 Å². The quantitative estimate of drug-likeness (QED) is 0.581. The molecule has 0 unspecified atom stereocenters. The van der Waals surface area contributed by atoms with E-state index in [4.69, 9.17) is 17.1 Å². The molecule has 50 valence electrons. The van der Waals surface area contributed by atoms with Gasteiger partial charge in [0.1, 0.15) is 0 Å². The summed E-state index contributed by atoms with van der Waals surface area (Å²) < 4.78 is 0. The predicted octanol–water partition coefficient (Wildman–Crippen LogP) is 2.91. The predicted molar refractivity (Wildman–Crippen MR) is 46.1 cm³/mol. The molecule has 0 nitrogen and oxygen atoms in total. The highest BCUT2D eigenvalue weighted by Gasteiger charge is 1.95. The van der Waals surface area contributed by atoms with Crippen LogP contribution < -0.4 is 0 Å². The molecule has 0 saturated carbocycles. The first-order valence-electron chi connectivity index (χ1n) is 2.72. The second-order valence-electron chi connectivity index (χ2n) is 1.72. The number of hydrogen-bond acceptors (Lipinski definition) is 1. The van der Waals surface area contributed by atoms with E-state index in [1.807, 2.05) is 24.3 Å². The van der Waals surface area contributed by atoms with Crippen LogP contribution in [0.2, 0.25) is 0 Å². The van der Waals surface area contributed by atoms with E-state index in [-0.39, 0.29) is 0 Å². The zero-order valence-electron chi connectivity index (χ0n) is 5.17. The number of benzene rings is 1. The van der Waals surface area contributed by atoms with Gasteiger partial charge in [0, 0.05) is 10.5 Å². The van der Waals surface area contributed by atoms with Gasteiger partial charge in [0.15, 0.2) is 0 Å². The Morgan fingerprint density at radius 2 is 2.10 bits per heavy atom. The van der Waals surface area contributed by atoms with E-state index < -0.39 is 0 Å². The first-order chi connectivity index (χ1) is 4.88. The maximum absolute atomic E-state index is 5.53. The Kier molecular flexibility index (Phi) is 2.68. The molecular weight excluding hydrogens is 164 g/mol. The molecule has 0 aromatic heterocycles. The van der Waals surface area contributed by atoms with Crippen molar-refractivity contribution in [2.24, 2.45) is 0 Å². The van der Waals surface area contributed by atoms with Crippen LogP contribution >= 0.6 is 21.7 Å². The fraction of sp³-hybridized carbons (Fsp3) is 0. The molecule has 0 spiro atoms. The van der Waals surface area contributed by atoms with Crippen molar-refractivity contribution in [3.05, 3.63) is 29.8 Å². The van der Waals surface area contributed by atoms with Crippen molar-refractivity contribution in [2.75, 3.05) is 0 Å². The van der Waals surface area contributed by atoms with Crippen LogP contribution in [-0.2, 0) is 0 Å². The largest absolute Gasteiger partial charge is 0.115 e. The van der Waals surface area contributed by atoms with Gasteiger partial charge in [0.25, 0.3) is 0 Å². The minimum Gasteiger partial charge on any atom is -0.115 e. The lowest BCUT2D eigenvalue weighted by molar-refractivity contribution is 1.43. The highest BCUT2D eigenvalue weighted by molar-refractivity contribution is 8.21. The number of rotatable bonds is 1. The molecule has 0 atom stereocenters. The van der Waals surface area contributed by atoms with Gasteiger partial charge in [0.2, 0.25) is 0 Å². The van der Waals surface area contributed by atoms with Gasteiger partial charge in [-0.3, -0.25) is 0 Å².